The molecule has 0 bridgehead atoms. The lowest BCUT2D eigenvalue weighted by Gasteiger charge is -2.17. The molecule has 0 aromatic heterocycles. The highest BCUT2D eigenvalue weighted by atomic mass is 15.1. The van der Waals surface area contributed by atoms with Crippen LogP contribution in [0.4, 0.5) is 0 Å². The van der Waals surface area contributed by atoms with Crippen LogP contribution in [-0.2, 0) is 6.42 Å². The van der Waals surface area contributed by atoms with Crippen LogP contribution in [0.25, 0.3) is 0 Å². The summed E-state index contributed by atoms with van der Waals surface area (Å²) in [5.74, 6) is 0. The van der Waals surface area contributed by atoms with Crippen molar-refractivity contribution in [2.45, 2.75) is 26.2 Å². The first kappa shape index (κ1) is 11.3. The second-order valence-corrected chi connectivity index (χ2v) is 3.80. The molecule has 0 radical (unpaired) electrons. The van der Waals surface area contributed by atoms with Gasteiger partial charge in [0.25, 0.3) is 0 Å². The zero-order valence-electron chi connectivity index (χ0n) is 9.13. The third-order valence-corrected chi connectivity index (χ3v) is 2.59. The molecule has 0 heterocycles. The molecule has 1 nitrogen and oxygen atoms in total. The van der Waals surface area contributed by atoms with Crippen molar-refractivity contribution in [3.05, 3.63) is 42.9 Å². The van der Waals surface area contributed by atoms with E-state index in [9.17, 15) is 0 Å². The van der Waals surface area contributed by atoms with Crippen molar-refractivity contribution in [2.24, 2.45) is 0 Å². The highest BCUT2D eigenvalue weighted by molar-refractivity contribution is 5.14. The number of unbranched alkanes of at least 4 members (excludes halogenated alkanes) is 1. The van der Waals surface area contributed by atoms with E-state index in [-0.39, 0.29) is 0 Å². The van der Waals surface area contributed by atoms with Crippen LogP contribution in [0.5, 0.6) is 0 Å². The van der Waals surface area contributed by atoms with Gasteiger partial charge >= 0.3 is 0 Å². The van der Waals surface area contributed by atoms with Crippen LogP contribution in [0.1, 0.15) is 25.3 Å². The molecule has 78 valence electrons. The molecule has 1 aromatic carbocycles. The van der Waals surface area contributed by atoms with Crippen molar-refractivity contribution in [1.82, 2.24) is 0 Å². The van der Waals surface area contributed by atoms with Gasteiger partial charge in [-0.3, -0.25) is 0 Å². The van der Waals surface area contributed by atoms with Crippen molar-refractivity contribution in [3.8, 4) is 0 Å². The molecule has 1 N–H and O–H groups in total. The van der Waals surface area contributed by atoms with Gasteiger partial charge in [0.05, 0.1) is 13.1 Å². The number of benzene rings is 1. The minimum atomic E-state index is 1.13. The van der Waals surface area contributed by atoms with Crippen LogP contribution >= 0.6 is 0 Å². The number of hydrogen-bond donors (Lipinski definition) is 1. The highest BCUT2D eigenvalue weighted by Crippen LogP contribution is 2.03. The molecular formula is C13H21N. The molecule has 1 aromatic rings. The van der Waals surface area contributed by atoms with E-state index >= 15 is 0 Å². The molecule has 0 aliphatic carbocycles. The van der Waals surface area contributed by atoms with E-state index < -0.39 is 0 Å². The lowest BCUT2D eigenvalue weighted by molar-refractivity contribution is -0.851. The fourth-order valence-electron chi connectivity index (χ4n) is 1.53. The molecular weight excluding hydrogens is 170 g/mol. The molecule has 1 rings (SSSR count). The van der Waals surface area contributed by atoms with Crippen LogP contribution in [0.15, 0.2) is 30.3 Å². The lowest BCUT2D eigenvalue weighted by atomic mass is 10.1. The molecule has 1 unspecified atom stereocenters. The van der Waals surface area contributed by atoms with Crippen molar-refractivity contribution in [1.29, 1.82) is 0 Å². The van der Waals surface area contributed by atoms with Gasteiger partial charge < -0.3 is 4.90 Å². The molecule has 1 atom stereocenters. The number of quaternary nitrogens is 1. The van der Waals surface area contributed by atoms with Gasteiger partial charge in [0.15, 0.2) is 0 Å². The van der Waals surface area contributed by atoms with Gasteiger partial charge in [-0.2, -0.15) is 7.05 Å². The second kappa shape index (κ2) is 6.61. The lowest BCUT2D eigenvalue weighted by Crippen LogP contribution is -3.06. The van der Waals surface area contributed by atoms with Gasteiger partial charge in [-0.15, -0.1) is 0 Å². The van der Waals surface area contributed by atoms with Crippen LogP contribution < -0.4 is 4.90 Å². The number of aryl methyl sites for hydroxylation is 1. The summed E-state index contributed by atoms with van der Waals surface area (Å²) < 4.78 is 0. The summed E-state index contributed by atoms with van der Waals surface area (Å²) in [4.78, 5) is 1.39. The molecule has 14 heavy (non-hydrogen) atoms. The third-order valence-electron chi connectivity index (χ3n) is 2.59. The van der Waals surface area contributed by atoms with E-state index in [4.69, 9.17) is 0 Å². The van der Waals surface area contributed by atoms with Gasteiger partial charge in [-0.1, -0.05) is 30.3 Å². The zero-order valence-corrected chi connectivity index (χ0v) is 9.13. The molecule has 0 amide bonds. The second-order valence-electron chi connectivity index (χ2n) is 3.80. The van der Waals surface area contributed by atoms with E-state index in [0.29, 0.717) is 0 Å². The van der Waals surface area contributed by atoms with E-state index in [1.807, 2.05) is 0 Å². The Balaban J connectivity index is 2.10. The molecule has 0 saturated carbocycles. The average molecular weight is 191 g/mol. The van der Waals surface area contributed by atoms with Crippen molar-refractivity contribution in [3.63, 3.8) is 0 Å². The Bertz CT molecular complexity index is 230. The van der Waals surface area contributed by atoms with E-state index in [1.54, 1.807) is 0 Å². The summed E-state index contributed by atoms with van der Waals surface area (Å²) in [6.45, 7) is 4.51. The molecule has 0 spiro atoms. The normalized spacial score (nSPS) is 12.7. The highest BCUT2D eigenvalue weighted by Gasteiger charge is 1.94. The molecule has 0 aliphatic heterocycles. The average Bonchev–Trinajstić information content (AvgIpc) is 2.25. The first-order valence-corrected chi connectivity index (χ1v) is 5.53. The fraction of sp³-hybridized carbons (Fsp3) is 0.462. The predicted octanol–water partition coefficient (Wildman–Crippen LogP) is 1.71. The number of rotatable bonds is 6. The van der Waals surface area contributed by atoms with E-state index in [2.05, 4.69) is 44.3 Å². The standard InChI is InChI=1S/C13H21N/c1-3-14(2)12-8-7-11-13-9-5-4-6-10-13/h4-6,9-10,14H,2-3,7-8,11-12H2,1H3. The first-order valence-electron chi connectivity index (χ1n) is 5.53. The number of hydrogen-bond acceptors (Lipinski definition) is 0. The summed E-state index contributed by atoms with van der Waals surface area (Å²) in [7, 11) is 4.02. The van der Waals surface area contributed by atoms with Crippen LogP contribution in [0, 0.1) is 7.05 Å². The van der Waals surface area contributed by atoms with E-state index in [0.717, 1.165) is 6.54 Å². The SMILES string of the molecule is [CH2-][NH+](CC)CCCCc1ccccc1. The Morgan fingerprint density at radius 2 is 1.86 bits per heavy atom. The van der Waals surface area contributed by atoms with Crippen molar-refractivity contribution in [2.75, 3.05) is 13.1 Å². The summed E-state index contributed by atoms with van der Waals surface area (Å²) in [6, 6.07) is 10.7. The van der Waals surface area contributed by atoms with Gasteiger partial charge in [-0.05, 0) is 31.7 Å². The number of nitrogens with one attached hydrogen (secondary N) is 1. The topological polar surface area (TPSA) is 4.44 Å². The molecule has 0 aliphatic rings. The predicted molar refractivity (Wildman–Crippen MR) is 61.1 cm³/mol. The Labute approximate surface area is 87.7 Å². The van der Waals surface area contributed by atoms with E-state index in [1.165, 1.54) is 36.3 Å². The zero-order chi connectivity index (χ0) is 10.2. The van der Waals surface area contributed by atoms with Gasteiger partial charge in [0.1, 0.15) is 0 Å². The maximum absolute atomic E-state index is 4.02. The van der Waals surface area contributed by atoms with Crippen LogP contribution in [0.2, 0.25) is 0 Å². The summed E-state index contributed by atoms with van der Waals surface area (Å²) in [6.07, 6.45) is 3.77. The quantitative estimate of drug-likeness (QED) is 0.516. The summed E-state index contributed by atoms with van der Waals surface area (Å²) in [5.41, 5.74) is 1.45. The summed E-state index contributed by atoms with van der Waals surface area (Å²) >= 11 is 0. The summed E-state index contributed by atoms with van der Waals surface area (Å²) in [5, 5.41) is 0. The Morgan fingerprint density at radius 1 is 1.14 bits per heavy atom. The maximum atomic E-state index is 4.02. The van der Waals surface area contributed by atoms with Crippen LogP contribution in [0.3, 0.4) is 0 Å². The fourth-order valence-corrected chi connectivity index (χ4v) is 1.53. The third kappa shape index (κ3) is 4.43. The Morgan fingerprint density at radius 3 is 2.50 bits per heavy atom. The van der Waals surface area contributed by atoms with Gasteiger partial charge in [0.2, 0.25) is 0 Å². The smallest absolute Gasteiger partial charge is 0.0530 e. The molecule has 0 saturated heterocycles. The van der Waals surface area contributed by atoms with Gasteiger partial charge in [0, 0.05) is 0 Å². The minimum absolute atomic E-state index is 1.13. The van der Waals surface area contributed by atoms with Gasteiger partial charge in [-0.25, -0.2) is 0 Å². The Hall–Kier alpha value is -0.820. The van der Waals surface area contributed by atoms with Crippen molar-refractivity contribution >= 4 is 0 Å². The van der Waals surface area contributed by atoms with Crippen LogP contribution in [-0.4, -0.2) is 13.1 Å². The maximum Gasteiger partial charge on any atom is 0.0530 e. The minimum Gasteiger partial charge on any atom is -0.468 e. The molecule has 0 fully saturated rings. The first-order chi connectivity index (χ1) is 6.83. The molecule has 1 heteroatoms. The largest absolute Gasteiger partial charge is 0.468 e. The Kier molecular flexibility index (Phi) is 5.31. The van der Waals surface area contributed by atoms with Crippen molar-refractivity contribution < 1.29 is 4.90 Å². The monoisotopic (exact) mass is 191 g/mol.